The number of rotatable bonds is 5. The Morgan fingerprint density at radius 1 is 0.424 bits per heavy atom. The van der Waals surface area contributed by atoms with Crippen molar-refractivity contribution in [1.29, 1.82) is 0 Å². The number of para-hydroxylation sites is 2. The highest BCUT2D eigenvalue weighted by molar-refractivity contribution is 7.26. The molecule has 0 bridgehead atoms. The second-order valence-corrected chi connectivity index (χ2v) is 16.2. The normalized spacial score (nSPS) is 13.6. The fourth-order valence-corrected chi connectivity index (χ4v) is 10.0. The van der Waals surface area contributed by atoms with Crippen LogP contribution in [0.5, 0.6) is 0 Å². The molecule has 0 saturated heterocycles. The van der Waals surface area contributed by atoms with Crippen molar-refractivity contribution in [2.24, 2.45) is 9.98 Å². The van der Waals surface area contributed by atoms with Gasteiger partial charge in [0.1, 0.15) is 22.3 Å². The van der Waals surface area contributed by atoms with E-state index in [0.717, 1.165) is 90.4 Å². The molecule has 0 aliphatic carbocycles. The van der Waals surface area contributed by atoms with E-state index in [-0.39, 0.29) is 0 Å². The number of thiophene rings is 1. The SMILES string of the molecule is C1=C(c2cccc3c2oc2cc(-c4cc(-c5ccccc5)cc5sc6ccccc6c45)ccc23)N=C(c2ccccc2)N=C(c2cccc3oc4ccccc4c23)CC1. The second kappa shape index (κ2) is 13.7. The topological polar surface area (TPSA) is 51.0 Å². The molecule has 4 nitrogen and oxygen atoms in total. The van der Waals surface area contributed by atoms with Crippen LogP contribution < -0.4 is 0 Å². The third-order valence-electron chi connectivity index (χ3n) is 11.6. The van der Waals surface area contributed by atoms with Crippen molar-refractivity contribution in [2.75, 3.05) is 0 Å². The minimum atomic E-state index is 0.664. The van der Waals surface area contributed by atoms with E-state index in [1.165, 1.54) is 36.9 Å². The van der Waals surface area contributed by atoms with Crippen molar-refractivity contribution in [3.63, 3.8) is 0 Å². The minimum absolute atomic E-state index is 0.664. The van der Waals surface area contributed by atoms with E-state index in [1.54, 1.807) is 0 Å². The Morgan fingerprint density at radius 2 is 1.15 bits per heavy atom. The molecule has 0 amide bonds. The summed E-state index contributed by atoms with van der Waals surface area (Å²) in [6.45, 7) is 0. The number of aliphatic imine (C=N–C) groups is 2. The Morgan fingerprint density at radius 3 is 2.03 bits per heavy atom. The minimum Gasteiger partial charge on any atom is -0.456 e. The fraction of sp³-hybridized carbons (Fsp3) is 0.0370. The van der Waals surface area contributed by atoms with Crippen LogP contribution in [0.4, 0.5) is 0 Å². The summed E-state index contributed by atoms with van der Waals surface area (Å²) in [5, 5.41) is 6.88. The van der Waals surface area contributed by atoms with Crippen LogP contribution in [0.1, 0.15) is 29.5 Å². The lowest BCUT2D eigenvalue weighted by Gasteiger charge is -2.14. The molecule has 12 rings (SSSR count). The number of amidine groups is 1. The zero-order valence-corrected chi connectivity index (χ0v) is 32.7. The fourth-order valence-electron chi connectivity index (χ4n) is 8.86. The van der Waals surface area contributed by atoms with Gasteiger partial charge in [-0.2, -0.15) is 0 Å². The Hall–Kier alpha value is -7.34. The highest BCUT2D eigenvalue weighted by atomic mass is 32.1. The van der Waals surface area contributed by atoms with Crippen molar-refractivity contribution in [3.8, 4) is 22.3 Å². The van der Waals surface area contributed by atoms with Gasteiger partial charge in [0, 0.05) is 58.4 Å². The first-order valence-corrected chi connectivity index (χ1v) is 20.8. The van der Waals surface area contributed by atoms with Crippen LogP contribution >= 0.6 is 11.3 Å². The summed E-state index contributed by atoms with van der Waals surface area (Å²) in [5.74, 6) is 0.664. The van der Waals surface area contributed by atoms with Crippen LogP contribution in [0.2, 0.25) is 0 Å². The van der Waals surface area contributed by atoms with Crippen LogP contribution in [0.25, 0.3) is 92.0 Å². The summed E-state index contributed by atoms with van der Waals surface area (Å²) in [6.07, 6.45) is 3.74. The maximum atomic E-state index is 6.92. The van der Waals surface area contributed by atoms with Gasteiger partial charge in [0.2, 0.25) is 0 Å². The number of hydrogen-bond acceptors (Lipinski definition) is 5. The molecule has 0 unspecified atom stereocenters. The summed E-state index contributed by atoms with van der Waals surface area (Å²) < 4.78 is 15.8. The van der Waals surface area contributed by atoms with E-state index in [1.807, 2.05) is 47.7 Å². The molecule has 0 atom stereocenters. The average Bonchev–Trinajstić information content (AvgIpc) is 3.98. The molecule has 0 fully saturated rings. The maximum Gasteiger partial charge on any atom is 0.160 e. The second-order valence-electron chi connectivity index (χ2n) is 15.1. The van der Waals surface area contributed by atoms with E-state index in [0.29, 0.717) is 5.84 Å². The first-order chi connectivity index (χ1) is 29.2. The monoisotopic (exact) mass is 774 g/mol. The van der Waals surface area contributed by atoms with Gasteiger partial charge in [-0.25, -0.2) is 9.98 Å². The van der Waals surface area contributed by atoms with Crippen molar-refractivity contribution in [3.05, 3.63) is 199 Å². The zero-order valence-electron chi connectivity index (χ0n) is 31.9. The smallest absolute Gasteiger partial charge is 0.160 e. The largest absolute Gasteiger partial charge is 0.456 e. The maximum absolute atomic E-state index is 6.92. The summed E-state index contributed by atoms with van der Waals surface area (Å²) in [5.41, 5.74) is 13.0. The summed E-state index contributed by atoms with van der Waals surface area (Å²) in [4.78, 5) is 10.8. The highest BCUT2D eigenvalue weighted by Gasteiger charge is 2.21. The van der Waals surface area contributed by atoms with Gasteiger partial charge in [-0.3, -0.25) is 0 Å². The van der Waals surface area contributed by atoms with E-state index >= 15 is 0 Å². The van der Waals surface area contributed by atoms with Gasteiger partial charge in [-0.15, -0.1) is 11.3 Å². The lowest BCUT2D eigenvalue weighted by molar-refractivity contribution is 0.667. The van der Waals surface area contributed by atoms with Crippen molar-refractivity contribution in [1.82, 2.24) is 0 Å². The third kappa shape index (κ3) is 5.65. The van der Waals surface area contributed by atoms with Crippen molar-refractivity contribution >= 4 is 92.6 Å². The first-order valence-electron chi connectivity index (χ1n) is 20.0. The van der Waals surface area contributed by atoms with Gasteiger partial charge < -0.3 is 8.83 Å². The number of nitrogens with zero attached hydrogens (tertiary/aromatic N) is 2. The Bertz CT molecular complexity index is 3550. The number of hydrogen-bond donors (Lipinski definition) is 0. The van der Waals surface area contributed by atoms with E-state index < -0.39 is 0 Å². The molecule has 0 N–H and O–H groups in total. The van der Waals surface area contributed by atoms with Crippen LogP contribution in [0, 0.1) is 0 Å². The van der Waals surface area contributed by atoms with Crippen LogP contribution in [0.3, 0.4) is 0 Å². The average molecular weight is 775 g/mol. The number of furan rings is 2. The molecule has 0 spiro atoms. The van der Waals surface area contributed by atoms with E-state index in [2.05, 4.69) is 146 Å². The molecule has 11 aromatic rings. The van der Waals surface area contributed by atoms with Crippen LogP contribution in [-0.4, -0.2) is 11.5 Å². The molecule has 1 aliphatic heterocycles. The first kappa shape index (κ1) is 33.8. The standard InChI is InChI=1S/C54H34N2O2S/c1-3-14-33(15-4-1)36-30-43(52-42-19-8-10-27-49(42)59-50(52)32-36)35-28-29-37-38-20-11-22-40(53(38)58-48(37)31-35)45-24-13-23-44(55-54(56-45)34-16-5-2-6-17-34)39-21-12-26-47-51(39)41-18-7-9-25-46(41)57-47/h1-12,14-22,24-32H,13,23H2. The quantitative estimate of drug-likeness (QED) is 0.175. The third-order valence-corrected chi connectivity index (χ3v) is 12.7. The predicted molar refractivity (Wildman–Crippen MR) is 248 cm³/mol. The molecular formula is C54H34N2O2S. The Balaban J connectivity index is 1.01. The molecule has 8 aromatic carbocycles. The molecule has 1 aliphatic rings. The van der Waals surface area contributed by atoms with Crippen molar-refractivity contribution < 1.29 is 8.83 Å². The molecule has 59 heavy (non-hydrogen) atoms. The molecule has 0 radical (unpaired) electrons. The molecule has 4 heterocycles. The van der Waals surface area contributed by atoms with Gasteiger partial charge in [-0.1, -0.05) is 133 Å². The van der Waals surface area contributed by atoms with E-state index in [9.17, 15) is 0 Å². The summed E-state index contributed by atoms with van der Waals surface area (Å²) in [6, 6.07) is 61.9. The van der Waals surface area contributed by atoms with Gasteiger partial charge in [0.15, 0.2) is 5.84 Å². The number of fused-ring (bicyclic) bond motifs is 9. The Labute approximate surface area is 343 Å². The lowest BCUT2D eigenvalue weighted by Crippen LogP contribution is -2.09. The highest BCUT2D eigenvalue weighted by Crippen LogP contribution is 2.44. The zero-order chi connectivity index (χ0) is 38.9. The molecule has 3 aromatic heterocycles. The lowest BCUT2D eigenvalue weighted by atomic mass is 9.94. The number of benzene rings is 8. The van der Waals surface area contributed by atoms with E-state index in [4.69, 9.17) is 18.8 Å². The van der Waals surface area contributed by atoms with Gasteiger partial charge in [0.25, 0.3) is 0 Å². The van der Waals surface area contributed by atoms with Crippen LogP contribution in [-0.2, 0) is 0 Å². The van der Waals surface area contributed by atoms with Gasteiger partial charge in [0.05, 0.1) is 11.4 Å². The van der Waals surface area contributed by atoms with Crippen LogP contribution in [0.15, 0.2) is 201 Å². The summed E-state index contributed by atoms with van der Waals surface area (Å²) in [7, 11) is 0. The number of allylic oxidation sites excluding steroid dienone is 1. The Kier molecular flexibility index (Phi) is 7.81. The molecule has 0 saturated carbocycles. The molecule has 5 heteroatoms. The van der Waals surface area contributed by atoms with Crippen molar-refractivity contribution in [2.45, 2.75) is 12.8 Å². The van der Waals surface area contributed by atoms with Gasteiger partial charge >= 0.3 is 0 Å². The van der Waals surface area contributed by atoms with Gasteiger partial charge in [-0.05, 0) is 83.6 Å². The predicted octanol–water partition coefficient (Wildman–Crippen LogP) is 15.3. The summed E-state index contributed by atoms with van der Waals surface area (Å²) >= 11 is 1.85. The molecule has 278 valence electrons. The molecular weight excluding hydrogens is 741 g/mol.